The fraction of sp³-hybridized carbons (Fsp3) is 0.714. The maximum Gasteiger partial charge on any atom is 0.309 e. The number of amides is 1. The van der Waals surface area contributed by atoms with E-state index in [0.29, 0.717) is 6.42 Å². The molecule has 1 N–H and O–H groups in total. The van der Waals surface area contributed by atoms with Crippen molar-refractivity contribution in [2.24, 2.45) is 11.8 Å². The van der Waals surface area contributed by atoms with Gasteiger partial charge in [0, 0.05) is 7.05 Å². The summed E-state index contributed by atoms with van der Waals surface area (Å²) in [4.78, 5) is 21.7. The van der Waals surface area contributed by atoms with E-state index in [1.165, 1.54) is 7.11 Å². The van der Waals surface area contributed by atoms with E-state index >= 15 is 0 Å². The van der Waals surface area contributed by atoms with E-state index < -0.39 is 0 Å². The van der Waals surface area contributed by atoms with Crippen LogP contribution in [0.15, 0.2) is 0 Å². The maximum absolute atomic E-state index is 10.9. The number of rotatable bonds is 2. The minimum Gasteiger partial charge on any atom is -0.469 e. The van der Waals surface area contributed by atoms with Gasteiger partial charge < -0.3 is 10.1 Å². The number of carbonyl (C=O) groups excluding carboxylic acids is 2. The molecular weight excluding hydrogens is 146 g/mol. The van der Waals surface area contributed by atoms with E-state index in [0.717, 1.165) is 0 Å². The molecule has 0 bridgehead atoms. The lowest BCUT2D eigenvalue weighted by molar-refractivity contribution is -0.143. The highest BCUT2D eigenvalue weighted by Gasteiger charge is 2.48. The molecule has 0 aromatic carbocycles. The molecular formula is C7H11NO3. The molecule has 1 aliphatic carbocycles. The van der Waals surface area contributed by atoms with Gasteiger partial charge in [-0.3, -0.25) is 9.59 Å². The zero-order chi connectivity index (χ0) is 8.43. The summed E-state index contributed by atoms with van der Waals surface area (Å²) in [6.07, 6.45) is 0.631. The van der Waals surface area contributed by atoms with Crippen LogP contribution in [0.5, 0.6) is 0 Å². The van der Waals surface area contributed by atoms with Gasteiger partial charge in [0.25, 0.3) is 0 Å². The van der Waals surface area contributed by atoms with Gasteiger partial charge in [0.1, 0.15) is 0 Å². The highest BCUT2D eigenvalue weighted by Crippen LogP contribution is 2.39. The topological polar surface area (TPSA) is 55.4 Å². The van der Waals surface area contributed by atoms with Gasteiger partial charge in [0.15, 0.2) is 0 Å². The Kier molecular flexibility index (Phi) is 2.12. The Labute approximate surface area is 64.9 Å². The van der Waals surface area contributed by atoms with Gasteiger partial charge in [-0.25, -0.2) is 0 Å². The van der Waals surface area contributed by atoms with Crippen LogP contribution in [0.4, 0.5) is 0 Å². The highest BCUT2D eigenvalue weighted by molar-refractivity contribution is 5.89. The first-order chi connectivity index (χ1) is 5.20. The van der Waals surface area contributed by atoms with E-state index in [2.05, 4.69) is 10.1 Å². The van der Waals surface area contributed by atoms with Gasteiger partial charge in [0.05, 0.1) is 18.9 Å². The minimum atomic E-state index is -0.279. The Morgan fingerprint density at radius 3 is 2.55 bits per heavy atom. The zero-order valence-corrected chi connectivity index (χ0v) is 6.59. The summed E-state index contributed by atoms with van der Waals surface area (Å²) in [6.45, 7) is 0. The van der Waals surface area contributed by atoms with Gasteiger partial charge in [-0.05, 0) is 6.42 Å². The Balaban J connectivity index is 2.37. The normalized spacial score (nSPS) is 27.5. The van der Waals surface area contributed by atoms with Gasteiger partial charge in [-0.15, -0.1) is 0 Å². The molecule has 2 atom stereocenters. The number of hydrogen-bond donors (Lipinski definition) is 1. The summed E-state index contributed by atoms with van der Waals surface area (Å²) >= 11 is 0. The van der Waals surface area contributed by atoms with E-state index in [1.807, 2.05) is 0 Å². The van der Waals surface area contributed by atoms with Crippen molar-refractivity contribution in [3.05, 3.63) is 0 Å². The first kappa shape index (κ1) is 8.04. The van der Waals surface area contributed by atoms with Crippen molar-refractivity contribution in [2.75, 3.05) is 14.2 Å². The number of carbonyl (C=O) groups is 2. The van der Waals surface area contributed by atoms with E-state index in [4.69, 9.17) is 0 Å². The highest BCUT2D eigenvalue weighted by atomic mass is 16.5. The van der Waals surface area contributed by atoms with Crippen molar-refractivity contribution < 1.29 is 14.3 Å². The molecule has 0 aromatic rings. The van der Waals surface area contributed by atoms with Crippen molar-refractivity contribution in [2.45, 2.75) is 6.42 Å². The molecule has 0 aromatic heterocycles. The Morgan fingerprint density at radius 2 is 2.09 bits per heavy atom. The second-order valence-electron chi connectivity index (χ2n) is 2.59. The molecule has 4 nitrogen and oxygen atoms in total. The quantitative estimate of drug-likeness (QED) is 0.552. The maximum atomic E-state index is 10.9. The molecule has 0 spiro atoms. The zero-order valence-electron chi connectivity index (χ0n) is 6.59. The van der Waals surface area contributed by atoms with Crippen LogP contribution in [0.2, 0.25) is 0 Å². The lowest BCUT2D eigenvalue weighted by atomic mass is 10.3. The van der Waals surface area contributed by atoms with Crippen molar-refractivity contribution in [1.29, 1.82) is 0 Å². The van der Waals surface area contributed by atoms with Crippen LogP contribution in [0.3, 0.4) is 0 Å². The monoisotopic (exact) mass is 157 g/mol. The third-order valence-corrected chi connectivity index (χ3v) is 1.88. The predicted octanol–water partition coefficient (Wildman–Crippen LogP) is -0.459. The summed E-state index contributed by atoms with van der Waals surface area (Å²) in [6, 6.07) is 0. The molecule has 11 heavy (non-hydrogen) atoms. The summed E-state index contributed by atoms with van der Waals surface area (Å²) in [5.74, 6) is -0.689. The average Bonchev–Trinajstić information content (AvgIpc) is 2.80. The van der Waals surface area contributed by atoms with Crippen molar-refractivity contribution in [3.8, 4) is 0 Å². The average molecular weight is 157 g/mol. The molecule has 0 radical (unpaired) electrons. The summed E-state index contributed by atoms with van der Waals surface area (Å²) in [7, 11) is 2.90. The smallest absolute Gasteiger partial charge is 0.309 e. The van der Waals surface area contributed by atoms with Crippen molar-refractivity contribution >= 4 is 11.9 Å². The first-order valence-corrected chi connectivity index (χ1v) is 3.50. The summed E-state index contributed by atoms with van der Waals surface area (Å²) in [5, 5.41) is 2.49. The van der Waals surface area contributed by atoms with Crippen LogP contribution in [0.1, 0.15) is 6.42 Å². The van der Waals surface area contributed by atoms with Crippen molar-refractivity contribution in [3.63, 3.8) is 0 Å². The van der Waals surface area contributed by atoms with E-state index in [1.54, 1.807) is 7.05 Å². The molecule has 1 saturated carbocycles. The Morgan fingerprint density at radius 1 is 1.45 bits per heavy atom. The molecule has 0 saturated heterocycles. The van der Waals surface area contributed by atoms with Crippen LogP contribution in [0.25, 0.3) is 0 Å². The van der Waals surface area contributed by atoms with E-state index in [-0.39, 0.29) is 23.7 Å². The molecule has 62 valence electrons. The minimum absolute atomic E-state index is 0.0691. The number of ether oxygens (including phenoxy) is 1. The summed E-state index contributed by atoms with van der Waals surface area (Å²) < 4.78 is 4.48. The third-order valence-electron chi connectivity index (χ3n) is 1.88. The van der Waals surface area contributed by atoms with Crippen LogP contribution < -0.4 is 5.32 Å². The summed E-state index contributed by atoms with van der Waals surface area (Å²) in [5.41, 5.74) is 0. The van der Waals surface area contributed by atoms with E-state index in [9.17, 15) is 9.59 Å². The fourth-order valence-corrected chi connectivity index (χ4v) is 1.08. The van der Waals surface area contributed by atoms with Crippen LogP contribution in [-0.4, -0.2) is 26.0 Å². The SMILES string of the molecule is CNC(=O)C1CC1C(=O)OC. The lowest BCUT2D eigenvalue weighted by Crippen LogP contribution is -2.22. The fourth-order valence-electron chi connectivity index (χ4n) is 1.08. The molecule has 1 amide bonds. The van der Waals surface area contributed by atoms with Crippen molar-refractivity contribution in [1.82, 2.24) is 5.32 Å². The second-order valence-corrected chi connectivity index (χ2v) is 2.59. The van der Waals surface area contributed by atoms with Gasteiger partial charge in [-0.1, -0.05) is 0 Å². The van der Waals surface area contributed by atoms with Gasteiger partial charge >= 0.3 is 5.97 Å². The molecule has 0 heterocycles. The molecule has 1 rings (SSSR count). The largest absolute Gasteiger partial charge is 0.469 e. The number of methoxy groups -OCH3 is 1. The first-order valence-electron chi connectivity index (χ1n) is 3.50. The predicted molar refractivity (Wildman–Crippen MR) is 37.7 cm³/mol. The second kappa shape index (κ2) is 2.90. The number of hydrogen-bond acceptors (Lipinski definition) is 3. The van der Waals surface area contributed by atoms with Crippen LogP contribution >= 0.6 is 0 Å². The Bertz CT molecular complexity index is 170. The lowest BCUT2D eigenvalue weighted by Gasteiger charge is -1.96. The van der Waals surface area contributed by atoms with Gasteiger partial charge in [0.2, 0.25) is 5.91 Å². The molecule has 1 fully saturated rings. The standard InChI is InChI=1S/C7H11NO3/c1-8-6(9)4-3-5(4)7(10)11-2/h4-5H,3H2,1-2H3,(H,8,9). The molecule has 4 heteroatoms. The number of nitrogens with one attached hydrogen (secondary N) is 1. The third kappa shape index (κ3) is 1.50. The molecule has 0 aliphatic heterocycles. The van der Waals surface area contributed by atoms with Crippen LogP contribution in [-0.2, 0) is 14.3 Å². The Hall–Kier alpha value is -1.06. The number of esters is 1. The van der Waals surface area contributed by atoms with Gasteiger partial charge in [-0.2, -0.15) is 0 Å². The van der Waals surface area contributed by atoms with Crippen LogP contribution in [0, 0.1) is 11.8 Å². The molecule has 2 unspecified atom stereocenters. The molecule has 1 aliphatic rings.